The van der Waals surface area contributed by atoms with Crippen LogP contribution in [0.1, 0.15) is 38.5 Å². The molecule has 1 atom stereocenters. The van der Waals surface area contributed by atoms with Crippen LogP contribution in [-0.4, -0.2) is 9.78 Å². The van der Waals surface area contributed by atoms with E-state index in [0.29, 0.717) is 22.0 Å². The summed E-state index contributed by atoms with van der Waals surface area (Å²) in [6.45, 7) is 4.87. The van der Waals surface area contributed by atoms with Crippen LogP contribution in [-0.2, 0) is 0 Å². The average molecular weight is 318 g/mol. The Bertz CT molecular complexity index is 843. The van der Waals surface area contributed by atoms with Crippen LogP contribution in [0, 0.1) is 11.6 Å². The first-order chi connectivity index (χ1) is 10.9. The maximum absolute atomic E-state index is 14.3. The Balaban J connectivity index is 2.22. The van der Waals surface area contributed by atoms with Gasteiger partial charge in [-0.2, -0.15) is 5.10 Å². The molecule has 0 spiro atoms. The molecule has 0 fully saturated rings. The van der Waals surface area contributed by atoms with Gasteiger partial charge in [-0.15, -0.1) is 0 Å². The number of rotatable bonds is 3. The molecule has 0 N–H and O–H groups in total. The Morgan fingerprint density at radius 2 is 1.70 bits per heavy atom. The number of alkyl halides is 1. The SMILES string of the molecule is CC(C)c1c(F)cc(-c2cccc3c2cnn3C(C)F)cc1F. The second kappa shape index (κ2) is 5.72. The highest BCUT2D eigenvalue weighted by Gasteiger charge is 2.17. The summed E-state index contributed by atoms with van der Waals surface area (Å²) >= 11 is 0. The second-order valence-electron chi connectivity index (χ2n) is 5.91. The Labute approximate surface area is 132 Å². The van der Waals surface area contributed by atoms with E-state index in [9.17, 15) is 13.2 Å². The second-order valence-corrected chi connectivity index (χ2v) is 5.91. The van der Waals surface area contributed by atoms with Crippen molar-refractivity contribution in [2.24, 2.45) is 0 Å². The topological polar surface area (TPSA) is 17.8 Å². The summed E-state index contributed by atoms with van der Waals surface area (Å²) in [5, 5.41) is 4.69. The Hall–Kier alpha value is -2.30. The van der Waals surface area contributed by atoms with E-state index in [-0.39, 0.29) is 11.5 Å². The van der Waals surface area contributed by atoms with Gasteiger partial charge in [0.2, 0.25) is 0 Å². The highest BCUT2D eigenvalue weighted by Crippen LogP contribution is 2.33. The number of hydrogen-bond acceptors (Lipinski definition) is 1. The molecule has 23 heavy (non-hydrogen) atoms. The molecule has 1 unspecified atom stereocenters. The molecular formula is C18H17F3N2. The highest BCUT2D eigenvalue weighted by molar-refractivity contribution is 5.94. The summed E-state index contributed by atoms with van der Waals surface area (Å²) < 4.78 is 43.3. The lowest BCUT2D eigenvalue weighted by Gasteiger charge is -2.12. The fraction of sp³-hybridized carbons (Fsp3) is 0.278. The minimum absolute atomic E-state index is 0.0778. The molecule has 0 saturated heterocycles. The first-order valence-corrected chi connectivity index (χ1v) is 7.49. The van der Waals surface area contributed by atoms with Gasteiger partial charge in [0.1, 0.15) is 11.6 Å². The number of nitrogens with zero attached hydrogens (tertiary/aromatic N) is 2. The molecule has 0 aliphatic rings. The van der Waals surface area contributed by atoms with Crippen molar-refractivity contribution < 1.29 is 13.2 Å². The zero-order valence-corrected chi connectivity index (χ0v) is 13.1. The molecule has 0 bridgehead atoms. The van der Waals surface area contributed by atoms with E-state index in [2.05, 4.69) is 5.10 Å². The highest BCUT2D eigenvalue weighted by atomic mass is 19.1. The maximum Gasteiger partial charge on any atom is 0.189 e. The molecule has 3 rings (SSSR count). The molecule has 0 amide bonds. The number of fused-ring (bicyclic) bond motifs is 1. The van der Waals surface area contributed by atoms with Gasteiger partial charge in [-0.1, -0.05) is 26.0 Å². The van der Waals surface area contributed by atoms with Crippen molar-refractivity contribution in [3.05, 3.63) is 53.7 Å². The smallest absolute Gasteiger partial charge is 0.189 e. The van der Waals surface area contributed by atoms with Crippen LogP contribution in [0.15, 0.2) is 36.5 Å². The van der Waals surface area contributed by atoms with Gasteiger partial charge in [-0.3, -0.25) is 0 Å². The molecule has 120 valence electrons. The van der Waals surface area contributed by atoms with Crippen LogP contribution in [0.4, 0.5) is 13.2 Å². The quantitative estimate of drug-likeness (QED) is 0.615. The van der Waals surface area contributed by atoms with Crippen LogP contribution >= 0.6 is 0 Å². The summed E-state index contributed by atoms with van der Waals surface area (Å²) in [5.74, 6) is -1.38. The zero-order valence-electron chi connectivity index (χ0n) is 13.1. The van der Waals surface area contributed by atoms with Gasteiger partial charge in [0.05, 0.1) is 11.7 Å². The predicted molar refractivity (Wildman–Crippen MR) is 85.0 cm³/mol. The van der Waals surface area contributed by atoms with Crippen LogP contribution in [0.3, 0.4) is 0 Å². The van der Waals surface area contributed by atoms with E-state index in [1.165, 1.54) is 29.9 Å². The Morgan fingerprint density at radius 3 is 2.26 bits per heavy atom. The van der Waals surface area contributed by atoms with Gasteiger partial charge in [-0.25, -0.2) is 17.9 Å². The molecule has 1 heterocycles. The summed E-state index contributed by atoms with van der Waals surface area (Å²) in [5.41, 5.74) is 1.71. The lowest BCUT2D eigenvalue weighted by molar-refractivity contribution is 0.253. The first-order valence-electron chi connectivity index (χ1n) is 7.49. The molecule has 3 aromatic rings. The summed E-state index contributed by atoms with van der Waals surface area (Å²) in [7, 11) is 0. The molecule has 0 saturated carbocycles. The van der Waals surface area contributed by atoms with Crippen LogP contribution in [0.2, 0.25) is 0 Å². The summed E-state index contributed by atoms with van der Waals surface area (Å²) in [6, 6.07) is 7.86. The molecule has 5 heteroatoms. The van der Waals surface area contributed by atoms with E-state index in [4.69, 9.17) is 0 Å². The lowest BCUT2D eigenvalue weighted by atomic mass is 9.96. The Kier molecular flexibility index (Phi) is 3.88. The monoisotopic (exact) mass is 318 g/mol. The lowest BCUT2D eigenvalue weighted by Crippen LogP contribution is -2.00. The minimum Gasteiger partial charge on any atom is -0.231 e. The average Bonchev–Trinajstić information content (AvgIpc) is 2.89. The fourth-order valence-corrected chi connectivity index (χ4v) is 2.90. The van der Waals surface area contributed by atoms with Crippen molar-refractivity contribution in [2.75, 3.05) is 0 Å². The molecule has 0 radical (unpaired) electrons. The van der Waals surface area contributed by atoms with Crippen LogP contribution in [0.25, 0.3) is 22.0 Å². The van der Waals surface area contributed by atoms with Crippen molar-refractivity contribution in [1.29, 1.82) is 0 Å². The van der Waals surface area contributed by atoms with Crippen molar-refractivity contribution in [3.8, 4) is 11.1 Å². The van der Waals surface area contributed by atoms with Crippen molar-refractivity contribution in [3.63, 3.8) is 0 Å². The van der Waals surface area contributed by atoms with Gasteiger partial charge < -0.3 is 0 Å². The van der Waals surface area contributed by atoms with Gasteiger partial charge in [-0.05, 0) is 42.2 Å². The third-order valence-corrected chi connectivity index (χ3v) is 3.95. The molecule has 0 aliphatic heterocycles. The van der Waals surface area contributed by atoms with Crippen LogP contribution in [0.5, 0.6) is 0 Å². The third kappa shape index (κ3) is 2.60. The molecule has 0 aliphatic carbocycles. The first kappa shape index (κ1) is 15.6. The normalized spacial score (nSPS) is 13.0. The number of benzene rings is 2. The maximum atomic E-state index is 14.3. The fourth-order valence-electron chi connectivity index (χ4n) is 2.90. The van der Waals surface area contributed by atoms with Gasteiger partial charge in [0, 0.05) is 10.9 Å². The Morgan fingerprint density at radius 1 is 1.04 bits per heavy atom. The molecular weight excluding hydrogens is 301 g/mol. The minimum atomic E-state index is -1.28. The van der Waals surface area contributed by atoms with E-state index in [1.807, 2.05) is 0 Å². The van der Waals surface area contributed by atoms with E-state index in [1.54, 1.807) is 32.0 Å². The largest absolute Gasteiger partial charge is 0.231 e. The van der Waals surface area contributed by atoms with Crippen molar-refractivity contribution >= 4 is 10.9 Å². The van der Waals surface area contributed by atoms with Crippen LogP contribution < -0.4 is 0 Å². The van der Waals surface area contributed by atoms with Gasteiger partial charge in [0.25, 0.3) is 0 Å². The van der Waals surface area contributed by atoms with E-state index >= 15 is 0 Å². The molecule has 1 aromatic heterocycles. The third-order valence-electron chi connectivity index (χ3n) is 3.95. The summed E-state index contributed by atoms with van der Waals surface area (Å²) in [6.07, 6.45) is 0.243. The number of halogens is 3. The molecule has 2 aromatic carbocycles. The van der Waals surface area contributed by atoms with Crippen molar-refractivity contribution in [2.45, 2.75) is 33.0 Å². The zero-order chi connectivity index (χ0) is 16.7. The number of aromatic nitrogens is 2. The van der Waals surface area contributed by atoms with Crippen molar-refractivity contribution in [1.82, 2.24) is 9.78 Å². The molecule has 2 nitrogen and oxygen atoms in total. The van der Waals surface area contributed by atoms with E-state index < -0.39 is 17.9 Å². The predicted octanol–water partition coefficient (Wildman–Crippen LogP) is 5.59. The van der Waals surface area contributed by atoms with Gasteiger partial charge in [0.15, 0.2) is 6.30 Å². The van der Waals surface area contributed by atoms with E-state index in [0.717, 1.165) is 0 Å². The number of hydrogen-bond donors (Lipinski definition) is 0. The summed E-state index contributed by atoms with van der Waals surface area (Å²) in [4.78, 5) is 0. The standard InChI is InChI=1S/C18H17F3N2/c1-10(2)18-15(20)7-12(8-16(18)21)13-5-4-6-17-14(13)9-22-23(17)11(3)19/h4-11H,1-3H3. The van der Waals surface area contributed by atoms with Gasteiger partial charge >= 0.3 is 0 Å².